The minimum absolute atomic E-state index is 0.403. The quantitative estimate of drug-likeness (QED) is 0.440. The van der Waals surface area contributed by atoms with Gasteiger partial charge in [-0.2, -0.15) is 4.98 Å². The molecule has 0 amide bonds. The van der Waals surface area contributed by atoms with Crippen molar-refractivity contribution in [3.8, 4) is 0 Å². The molecule has 0 aromatic carbocycles. The third-order valence-electron chi connectivity index (χ3n) is 2.49. The fourth-order valence-electron chi connectivity index (χ4n) is 1.41. The summed E-state index contributed by atoms with van der Waals surface area (Å²) in [7, 11) is 0. The van der Waals surface area contributed by atoms with E-state index in [2.05, 4.69) is 20.6 Å². The maximum atomic E-state index is 9.24. The number of hydrogen-bond acceptors (Lipinski definition) is 7. The third kappa shape index (κ3) is 3.52. The molecule has 7 heteroatoms. The maximum Gasteiger partial charge on any atom is 0.224 e. The number of aryl methyl sites for hydroxylation is 1. The number of nitrogens with one attached hydrogen (secondary N) is 2. The smallest absolute Gasteiger partial charge is 0.224 e. The molecule has 7 nitrogen and oxygen atoms in total. The van der Waals surface area contributed by atoms with E-state index >= 15 is 0 Å². The number of nitrogens with zero attached hydrogens (tertiary/aromatic N) is 2. The van der Waals surface area contributed by atoms with Crippen molar-refractivity contribution >= 4 is 11.8 Å². The van der Waals surface area contributed by atoms with Gasteiger partial charge in [-0.25, -0.2) is 4.98 Å². The molecular formula is C11H20N4O3. The lowest BCUT2D eigenvalue weighted by atomic mass is 10.0. The first-order valence-corrected chi connectivity index (χ1v) is 5.79. The fraction of sp³-hybridized carbons (Fsp3) is 0.636. The monoisotopic (exact) mass is 256 g/mol. The molecule has 102 valence electrons. The van der Waals surface area contributed by atoms with Gasteiger partial charge in [-0.05, 0) is 13.8 Å². The maximum absolute atomic E-state index is 9.24. The first-order valence-electron chi connectivity index (χ1n) is 5.79. The van der Waals surface area contributed by atoms with Gasteiger partial charge in [0.1, 0.15) is 11.4 Å². The predicted octanol–water partition coefficient (Wildman–Crippen LogP) is -0.656. The number of aromatic nitrogens is 2. The van der Waals surface area contributed by atoms with Crippen LogP contribution in [0.4, 0.5) is 11.8 Å². The van der Waals surface area contributed by atoms with E-state index in [0.717, 1.165) is 5.69 Å². The van der Waals surface area contributed by atoms with Crippen LogP contribution in [0.5, 0.6) is 0 Å². The Morgan fingerprint density at radius 1 is 1.17 bits per heavy atom. The Hall–Kier alpha value is -1.44. The number of aliphatic hydroxyl groups is 3. The summed E-state index contributed by atoms with van der Waals surface area (Å²) in [5, 5.41) is 33.5. The van der Waals surface area contributed by atoms with Crippen LogP contribution in [0.15, 0.2) is 6.07 Å². The average molecular weight is 256 g/mol. The van der Waals surface area contributed by atoms with E-state index in [4.69, 9.17) is 0 Å². The van der Waals surface area contributed by atoms with Crippen molar-refractivity contribution in [3.63, 3.8) is 0 Å². The summed E-state index contributed by atoms with van der Waals surface area (Å²) in [4.78, 5) is 8.37. The number of aliphatic hydroxyl groups excluding tert-OH is 3. The highest BCUT2D eigenvalue weighted by Crippen LogP contribution is 2.15. The molecule has 18 heavy (non-hydrogen) atoms. The molecule has 5 N–H and O–H groups in total. The summed E-state index contributed by atoms with van der Waals surface area (Å²) in [5.41, 5.74) is -0.448. The molecule has 1 aromatic heterocycles. The summed E-state index contributed by atoms with van der Waals surface area (Å²) in [5.74, 6) is 0.901. The first-order chi connectivity index (χ1) is 8.59. The standard InChI is InChI=1S/C11H20N4O3/c1-3-12-10-13-8(2)4-9(14-10)15-11(5-16,6-17)7-18/h4,16-18H,3,5-7H2,1-2H3,(H2,12,13,14,15). The zero-order valence-corrected chi connectivity index (χ0v) is 10.6. The minimum Gasteiger partial charge on any atom is -0.394 e. The number of hydrogen-bond donors (Lipinski definition) is 5. The lowest BCUT2D eigenvalue weighted by molar-refractivity contribution is 0.0831. The van der Waals surface area contributed by atoms with E-state index in [1.54, 1.807) is 6.07 Å². The zero-order chi connectivity index (χ0) is 13.6. The van der Waals surface area contributed by atoms with Gasteiger partial charge in [-0.15, -0.1) is 0 Å². The Labute approximate surface area is 106 Å². The van der Waals surface area contributed by atoms with Crippen LogP contribution < -0.4 is 10.6 Å². The normalized spacial score (nSPS) is 11.4. The second kappa shape index (κ2) is 6.48. The van der Waals surface area contributed by atoms with Crippen LogP contribution in [0, 0.1) is 6.92 Å². The van der Waals surface area contributed by atoms with Gasteiger partial charge in [0.25, 0.3) is 0 Å². The summed E-state index contributed by atoms with van der Waals surface area (Å²) >= 11 is 0. The van der Waals surface area contributed by atoms with E-state index in [9.17, 15) is 15.3 Å². The molecule has 0 aliphatic carbocycles. The van der Waals surface area contributed by atoms with Gasteiger partial charge >= 0.3 is 0 Å². The molecule has 0 fully saturated rings. The molecule has 1 aromatic rings. The van der Waals surface area contributed by atoms with Gasteiger partial charge in [0, 0.05) is 18.3 Å². The van der Waals surface area contributed by atoms with Crippen molar-refractivity contribution in [2.75, 3.05) is 37.0 Å². The second-order valence-electron chi connectivity index (χ2n) is 4.13. The Kier molecular flexibility index (Phi) is 5.26. The van der Waals surface area contributed by atoms with Crippen LogP contribution in [0.25, 0.3) is 0 Å². The third-order valence-corrected chi connectivity index (χ3v) is 2.49. The largest absolute Gasteiger partial charge is 0.394 e. The molecule has 0 saturated heterocycles. The Bertz CT molecular complexity index is 374. The van der Waals surface area contributed by atoms with E-state index in [1.165, 1.54) is 0 Å². The van der Waals surface area contributed by atoms with Crippen LogP contribution in [0.3, 0.4) is 0 Å². The Morgan fingerprint density at radius 2 is 1.78 bits per heavy atom. The zero-order valence-electron chi connectivity index (χ0n) is 10.6. The van der Waals surface area contributed by atoms with Crippen molar-refractivity contribution in [1.82, 2.24) is 9.97 Å². The minimum atomic E-state index is -1.19. The summed E-state index contributed by atoms with van der Waals surface area (Å²) < 4.78 is 0. The van der Waals surface area contributed by atoms with Gasteiger partial charge in [0.05, 0.1) is 19.8 Å². The van der Waals surface area contributed by atoms with E-state index in [1.807, 2.05) is 13.8 Å². The van der Waals surface area contributed by atoms with Gasteiger partial charge in [-0.3, -0.25) is 0 Å². The summed E-state index contributed by atoms with van der Waals surface area (Å²) in [6.07, 6.45) is 0. The summed E-state index contributed by atoms with van der Waals surface area (Å²) in [6, 6.07) is 1.68. The molecule has 0 aliphatic heterocycles. The molecular weight excluding hydrogens is 236 g/mol. The SMILES string of the molecule is CCNc1nc(C)cc(NC(CO)(CO)CO)n1. The Morgan fingerprint density at radius 3 is 2.28 bits per heavy atom. The van der Waals surface area contributed by atoms with Crippen molar-refractivity contribution in [2.45, 2.75) is 19.4 Å². The van der Waals surface area contributed by atoms with E-state index < -0.39 is 25.4 Å². The second-order valence-corrected chi connectivity index (χ2v) is 4.13. The predicted molar refractivity (Wildman–Crippen MR) is 68.5 cm³/mol. The molecule has 0 atom stereocenters. The van der Waals surface area contributed by atoms with Crippen LogP contribution >= 0.6 is 0 Å². The molecule has 1 heterocycles. The highest BCUT2D eigenvalue weighted by atomic mass is 16.3. The van der Waals surface area contributed by atoms with Crippen molar-refractivity contribution in [3.05, 3.63) is 11.8 Å². The highest BCUT2D eigenvalue weighted by Gasteiger charge is 2.28. The highest BCUT2D eigenvalue weighted by molar-refractivity contribution is 5.44. The fourth-order valence-corrected chi connectivity index (χ4v) is 1.41. The molecule has 0 aliphatic rings. The number of rotatable bonds is 7. The molecule has 0 bridgehead atoms. The van der Waals surface area contributed by atoms with Crippen molar-refractivity contribution in [1.29, 1.82) is 0 Å². The van der Waals surface area contributed by atoms with Gasteiger partial charge in [0.15, 0.2) is 0 Å². The number of anilines is 2. The first kappa shape index (κ1) is 14.6. The molecule has 1 rings (SSSR count). The molecule has 0 radical (unpaired) electrons. The van der Waals surface area contributed by atoms with Crippen molar-refractivity contribution in [2.24, 2.45) is 0 Å². The van der Waals surface area contributed by atoms with Crippen LogP contribution in [-0.2, 0) is 0 Å². The Balaban J connectivity index is 2.95. The molecule has 0 unspecified atom stereocenters. The van der Waals surface area contributed by atoms with Crippen LogP contribution in [0.1, 0.15) is 12.6 Å². The average Bonchev–Trinajstić information content (AvgIpc) is 2.36. The van der Waals surface area contributed by atoms with E-state index in [0.29, 0.717) is 18.3 Å². The van der Waals surface area contributed by atoms with Gasteiger partial charge in [0.2, 0.25) is 5.95 Å². The van der Waals surface area contributed by atoms with Gasteiger partial charge < -0.3 is 26.0 Å². The van der Waals surface area contributed by atoms with Crippen LogP contribution in [-0.4, -0.2) is 57.2 Å². The van der Waals surface area contributed by atoms with Crippen LogP contribution in [0.2, 0.25) is 0 Å². The summed E-state index contributed by atoms with van der Waals surface area (Å²) in [6.45, 7) is 3.22. The van der Waals surface area contributed by atoms with Gasteiger partial charge in [-0.1, -0.05) is 0 Å². The topological polar surface area (TPSA) is 111 Å². The lowest BCUT2D eigenvalue weighted by Gasteiger charge is -2.29. The van der Waals surface area contributed by atoms with E-state index in [-0.39, 0.29) is 0 Å². The molecule has 0 spiro atoms. The molecule has 0 saturated carbocycles. The lowest BCUT2D eigenvalue weighted by Crippen LogP contribution is -2.49. The van der Waals surface area contributed by atoms with Crippen molar-refractivity contribution < 1.29 is 15.3 Å².